The number of rotatable bonds is 4. The summed E-state index contributed by atoms with van der Waals surface area (Å²) in [4.78, 5) is 12.2. The van der Waals surface area contributed by atoms with Crippen molar-refractivity contribution < 1.29 is 0 Å². The highest BCUT2D eigenvalue weighted by Gasteiger charge is 2.13. The van der Waals surface area contributed by atoms with E-state index in [4.69, 9.17) is 11.6 Å². The lowest BCUT2D eigenvalue weighted by Gasteiger charge is -2.11. The summed E-state index contributed by atoms with van der Waals surface area (Å²) in [5.41, 5.74) is 2.95. The monoisotopic (exact) mass is 303 g/mol. The highest BCUT2D eigenvalue weighted by molar-refractivity contribution is 6.35. The third-order valence-corrected chi connectivity index (χ3v) is 3.94. The van der Waals surface area contributed by atoms with Gasteiger partial charge in [-0.3, -0.25) is 0 Å². The van der Waals surface area contributed by atoms with Crippen molar-refractivity contribution in [2.24, 2.45) is 7.05 Å². The molecule has 21 heavy (non-hydrogen) atoms. The van der Waals surface area contributed by atoms with E-state index in [2.05, 4.69) is 27.2 Å². The van der Waals surface area contributed by atoms with Crippen LogP contribution >= 0.6 is 11.6 Å². The summed E-state index contributed by atoms with van der Waals surface area (Å²) in [6, 6.07) is 5.92. The second-order valence-electron chi connectivity index (χ2n) is 5.25. The van der Waals surface area contributed by atoms with Gasteiger partial charge in [-0.15, -0.1) is 0 Å². The molecule has 0 aliphatic heterocycles. The van der Waals surface area contributed by atoms with Gasteiger partial charge in [0.1, 0.15) is 11.6 Å². The molecule has 0 fully saturated rings. The molecule has 0 aliphatic rings. The molecule has 0 bridgehead atoms. The lowest BCUT2D eigenvalue weighted by Crippen LogP contribution is -2.21. The number of para-hydroxylation sites is 1. The highest BCUT2D eigenvalue weighted by atomic mass is 35.5. The van der Waals surface area contributed by atoms with E-state index >= 15 is 0 Å². The number of hydrogen-bond acceptors (Lipinski definition) is 3. The van der Waals surface area contributed by atoms with Gasteiger partial charge in [0.2, 0.25) is 0 Å². The summed E-state index contributed by atoms with van der Waals surface area (Å²) in [5, 5.41) is 4.16. The second-order valence-corrected chi connectivity index (χ2v) is 5.66. The van der Waals surface area contributed by atoms with Gasteiger partial charge in [-0.1, -0.05) is 17.7 Å². The van der Waals surface area contributed by atoms with Crippen LogP contribution in [0.1, 0.15) is 30.3 Å². The average molecular weight is 304 g/mol. The number of fused-ring (bicyclic) bond motifs is 1. The van der Waals surface area contributed by atoms with Crippen LogP contribution < -0.4 is 5.32 Å². The number of aryl methyl sites for hydroxylation is 2. The SMILES string of the molecule is Cc1cnc(C(C)NCc2nc3cccc(Cl)c3n2C)[nH]1. The Balaban J connectivity index is 1.79. The zero-order chi connectivity index (χ0) is 15.0. The zero-order valence-electron chi connectivity index (χ0n) is 12.3. The molecule has 2 aromatic heterocycles. The summed E-state index contributed by atoms with van der Waals surface area (Å²) >= 11 is 6.24. The first-order valence-corrected chi connectivity index (χ1v) is 7.28. The molecule has 3 aromatic rings. The number of benzene rings is 1. The number of nitrogens with zero attached hydrogens (tertiary/aromatic N) is 3. The number of hydrogen-bond donors (Lipinski definition) is 2. The van der Waals surface area contributed by atoms with Gasteiger partial charge >= 0.3 is 0 Å². The molecular formula is C15H18ClN5. The predicted octanol–water partition coefficient (Wildman–Crippen LogP) is 3.11. The summed E-state index contributed by atoms with van der Waals surface area (Å²) in [6.07, 6.45) is 1.84. The lowest BCUT2D eigenvalue weighted by atomic mass is 10.3. The van der Waals surface area contributed by atoms with Crippen molar-refractivity contribution in [1.29, 1.82) is 0 Å². The Hall–Kier alpha value is -1.85. The normalized spacial score (nSPS) is 13.0. The number of imidazole rings is 2. The summed E-state index contributed by atoms with van der Waals surface area (Å²) in [7, 11) is 1.99. The molecule has 0 saturated carbocycles. The maximum Gasteiger partial charge on any atom is 0.123 e. The first kappa shape index (κ1) is 14.1. The van der Waals surface area contributed by atoms with Crippen molar-refractivity contribution in [2.45, 2.75) is 26.4 Å². The van der Waals surface area contributed by atoms with Crippen molar-refractivity contribution in [3.05, 3.63) is 46.8 Å². The molecule has 1 atom stereocenters. The van der Waals surface area contributed by atoms with Gasteiger partial charge in [0, 0.05) is 18.9 Å². The quantitative estimate of drug-likeness (QED) is 0.778. The maximum atomic E-state index is 6.24. The van der Waals surface area contributed by atoms with E-state index in [0.717, 1.165) is 33.4 Å². The molecule has 0 saturated heterocycles. The van der Waals surface area contributed by atoms with E-state index < -0.39 is 0 Å². The number of H-pyrrole nitrogens is 1. The molecule has 2 N–H and O–H groups in total. The van der Waals surface area contributed by atoms with Gasteiger partial charge in [0.25, 0.3) is 0 Å². The maximum absolute atomic E-state index is 6.24. The minimum absolute atomic E-state index is 0.133. The molecule has 5 nitrogen and oxygen atoms in total. The lowest BCUT2D eigenvalue weighted by molar-refractivity contribution is 0.531. The average Bonchev–Trinajstić information content (AvgIpc) is 3.01. The van der Waals surface area contributed by atoms with Crippen molar-refractivity contribution in [3.63, 3.8) is 0 Å². The fraction of sp³-hybridized carbons (Fsp3) is 0.333. The number of nitrogens with one attached hydrogen (secondary N) is 2. The molecular weight excluding hydrogens is 286 g/mol. The Morgan fingerprint density at radius 2 is 2.24 bits per heavy atom. The molecule has 1 aromatic carbocycles. The Kier molecular flexibility index (Phi) is 3.69. The minimum Gasteiger partial charge on any atom is -0.345 e. The van der Waals surface area contributed by atoms with Gasteiger partial charge < -0.3 is 14.9 Å². The van der Waals surface area contributed by atoms with Crippen LogP contribution in [0.3, 0.4) is 0 Å². The van der Waals surface area contributed by atoms with Crippen molar-refractivity contribution >= 4 is 22.6 Å². The molecule has 1 unspecified atom stereocenters. The molecule has 2 heterocycles. The summed E-state index contributed by atoms with van der Waals surface area (Å²) in [6.45, 7) is 4.73. The Bertz CT molecular complexity index is 774. The molecule has 0 amide bonds. The first-order chi connectivity index (χ1) is 10.1. The molecule has 110 valence electrons. The smallest absolute Gasteiger partial charge is 0.123 e. The van der Waals surface area contributed by atoms with E-state index in [1.807, 2.05) is 42.9 Å². The molecule has 6 heteroatoms. The van der Waals surface area contributed by atoms with Crippen LogP contribution in [0.2, 0.25) is 5.02 Å². The topological polar surface area (TPSA) is 58.5 Å². The van der Waals surface area contributed by atoms with Gasteiger partial charge in [0.15, 0.2) is 0 Å². The van der Waals surface area contributed by atoms with E-state index in [1.165, 1.54) is 0 Å². The van der Waals surface area contributed by atoms with Gasteiger partial charge in [-0.2, -0.15) is 0 Å². The number of halogens is 1. The minimum atomic E-state index is 0.133. The van der Waals surface area contributed by atoms with E-state index in [0.29, 0.717) is 6.54 Å². The number of aromatic nitrogens is 4. The van der Waals surface area contributed by atoms with Crippen molar-refractivity contribution in [2.75, 3.05) is 0 Å². The summed E-state index contributed by atoms with van der Waals surface area (Å²) < 4.78 is 2.03. The Labute approximate surface area is 128 Å². The molecule has 0 aliphatic carbocycles. The van der Waals surface area contributed by atoms with Crippen LogP contribution in [-0.2, 0) is 13.6 Å². The van der Waals surface area contributed by atoms with Crippen molar-refractivity contribution in [3.8, 4) is 0 Å². The van der Waals surface area contributed by atoms with Crippen LogP contribution in [0.5, 0.6) is 0 Å². The van der Waals surface area contributed by atoms with Gasteiger partial charge in [-0.05, 0) is 26.0 Å². The standard InChI is InChI=1S/C15H18ClN5/c1-9-7-18-15(19-9)10(2)17-8-13-20-12-6-4-5-11(16)14(12)21(13)3/h4-7,10,17H,8H2,1-3H3,(H,18,19). The highest BCUT2D eigenvalue weighted by Crippen LogP contribution is 2.23. The van der Waals surface area contributed by atoms with E-state index in [-0.39, 0.29) is 6.04 Å². The van der Waals surface area contributed by atoms with Crippen LogP contribution in [0, 0.1) is 6.92 Å². The Morgan fingerprint density at radius 1 is 1.43 bits per heavy atom. The third kappa shape index (κ3) is 2.66. The fourth-order valence-electron chi connectivity index (χ4n) is 2.42. The van der Waals surface area contributed by atoms with Crippen LogP contribution in [0.15, 0.2) is 24.4 Å². The van der Waals surface area contributed by atoms with Crippen LogP contribution in [-0.4, -0.2) is 19.5 Å². The van der Waals surface area contributed by atoms with Gasteiger partial charge in [0.05, 0.1) is 28.6 Å². The second kappa shape index (κ2) is 5.50. The molecule has 3 rings (SSSR count). The van der Waals surface area contributed by atoms with Crippen LogP contribution in [0.4, 0.5) is 0 Å². The predicted molar refractivity (Wildman–Crippen MR) is 84.3 cm³/mol. The third-order valence-electron chi connectivity index (χ3n) is 3.64. The zero-order valence-corrected chi connectivity index (χ0v) is 13.1. The largest absolute Gasteiger partial charge is 0.345 e. The van der Waals surface area contributed by atoms with E-state index in [9.17, 15) is 0 Å². The van der Waals surface area contributed by atoms with Crippen LogP contribution in [0.25, 0.3) is 11.0 Å². The first-order valence-electron chi connectivity index (χ1n) is 6.91. The fourth-order valence-corrected chi connectivity index (χ4v) is 2.72. The summed E-state index contributed by atoms with van der Waals surface area (Å²) in [5.74, 6) is 1.89. The molecule has 0 radical (unpaired) electrons. The van der Waals surface area contributed by atoms with E-state index in [1.54, 1.807) is 0 Å². The molecule has 0 spiro atoms. The van der Waals surface area contributed by atoms with Gasteiger partial charge in [-0.25, -0.2) is 9.97 Å². The van der Waals surface area contributed by atoms with Crippen molar-refractivity contribution in [1.82, 2.24) is 24.8 Å². The number of aromatic amines is 1. The Morgan fingerprint density at radius 3 is 2.90 bits per heavy atom.